The van der Waals surface area contributed by atoms with Crippen molar-refractivity contribution in [2.45, 2.75) is 49.5 Å². The first-order valence-corrected chi connectivity index (χ1v) is 11.3. The van der Waals surface area contributed by atoms with Crippen molar-refractivity contribution < 1.29 is 13.7 Å². The molecule has 1 fully saturated rings. The highest BCUT2D eigenvalue weighted by Gasteiger charge is 2.39. The van der Waals surface area contributed by atoms with E-state index >= 15 is 0 Å². The molecule has 1 aliphatic carbocycles. The molecule has 0 aromatic carbocycles. The highest BCUT2D eigenvalue weighted by molar-refractivity contribution is 7.85. The monoisotopic (exact) mass is 416 g/mol. The van der Waals surface area contributed by atoms with Gasteiger partial charge in [-0.25, -0.2) is 4.98 Å². The van der Waals surface area contributed by atoms with Crippen molar-refractivity contribution in [3.8, 4) is 0 Å². The largest absolute Gasteiger partial charge is 0.421 e. The van der Waals surface area contributed by atoms with Crippen molar-refractivity contribution in [3.63, 3.8) is 0 Å². The second-order valence-electron chi connectivity index (χ2n) is 7.92. The molecule has 0 radical (unpaired) electrons. The van der Waals surface area contributed by atoms with Gasteiger partial charge in [-0.3, -0.25) is 4.21 Å². The molecule has 0 saturated heterocycles. The lowest BCUT2D eigenvalue weighted by molar-refractivity contribution is 0.143. The van der Waals surface area contributed by atoms with Gasteiger partial charge in [0.15, 0.2) is 0 Å². The van der Waals surface area contributed by atoms with E-state index in [1.807, 2.05) is 0 Å². The van der Waals surface area contributed by atoms with E-state index in [4.69, 9.17) is 14.4 Å². The normalized spacial score (nSPS) is 22.8. The van der Waals surface area contributed by atoms with Crippen molar-refractivity contribution >= 4 is 28.1 Å². The molecule has 5 rings (SSSR count). The van der Waals surface area contributed by atoms with Crippen LogP contribution in [0, 0.1) is 6.92 Å². The van der Waals surface area contributed by atoms with E-state index in [2.05, 4.69) is 26.5 Å². The number of aromatic nitrogens is 4. The van der Waals surface area contributed by atoms with Crippen LogP contribution in [0.5, 0.6) is 0 Å². The maximum atomic E-state index is 12.5. The molecule has 0 spiro atoms. The Morgan fingerprint density at radius 1 is 1.31 bits per heavy atom. The smallest absolute Gasteiger partial charge is 0.243 e. The van der Waals surface area contributed by atoms with Crippen LogP contribution in [0.1, 0.15) is 43.2 Å². The number of nitrogens with one attached hydrogen (secondary N) is 1. The molecule has 9 nitrogen and oxygen atoms in total. The number of aliphatic hydroxyl groups excluding tert-OH is 1. The van der Waals surface area contributed by atoms with Gasteiger partial charge in [-0.1, -0.05) is 6.08 Å². The topological polar surface area (TPSA) is 117 Å². The van der Waals surface area contributed by atoms with Gasteiger partial charge in [-0.05, 0) is 25.7 Å². The Balaban J connectivity index is 1.43. The molecule has 4 heterocycles. The third-order valence-corrected chi connectivity index (χ3v) is 7.42. The third kappa shape index (κ3) is 3.33. The van der Waals surface area contributed by atoms with Crippen molar-refractivity contribution in [2.24, 2.45) is 0 Å². The zero-order chi connectivity index (χ0) is 20.0. The van der Waals surface area contributed by atoms with E-state index < -0.39 is 10.8 Å². The number of rotatable bonds is 5. The SMILES string of the molecule is Cc1nnc(C2=CCN(c3nc4c(c(NC5(CO)CCC5)n3)[S@](=O)CC4)CC2)o1. The fourth-order valence-electron chi connectivity index (χ4n) is 4.06. The Morgan fingerprint density at radius 2 is 2.17 bits per heavy atom. The van der Waals surface area contributed by atoms with Gasteiger partial charge in [0, 0.05) is 37.8 Å². The first-order chi connectivity index (χ1) is 14.1. The van der Waals surface area contributed by atoms with Crippen LogP contribution >= 0.6 is 0 Å². The van der Waals surface area contributed by atoms with E-state index in [9.17, 15) is 9.32 Å². The van der Waals surface area contributed by atoms with Crippen LogP contribution in [0.2, 0.25) is 0 Å². The van der Waals surface area contributed by atoms with Crippen molar-refractivity contribution in [1.82, 2.24) is 20.2 Å². The Hall–Kier alpha value is -2.33. The van der Waals surface area contributed by atoms with Gasteiger partial charge in [-0.15, -0.1) is 10.2 Å². The second kappa shape index (κ2) is 7.17. The molecule has 3 aliphatic rings. The lowest BCUT2D eigenvalue weighted by Gasteiger charge is -2.41. The predicted molar refractivity (Wildman–Crippen MR) is 108 cm³/mol. The number of hydrogen-bond acceptors (Lipinski definition) is 9. The highest BCUT2D eigenvalue weighted by atomic mass is 32.2. The van der Waals surface area contributed by atoms with Gasteiger partial charge in [0.05, 0.1) is 28.6 Å². The summed E-state index contributed by atoms with van der Waals surface area (Å²) in [5.74, 6) is 2.97. The molecule has 2 N–H and O–H groups in total. The van der Waals surface area contributed by atoms with Gasteiger partial charge in [0.2, 0.25) is 17.7 Å². The Bertz CT molecular complexity index is 994. The predicted octanol–water partition coefficient (Wildman–Crippen LogP) is 1.45. The molecule has 0 amide bonds. The molecular weight excluding hydrogens is 392 g/mol. The van der Waals surface area contributed by atoms with E-state index in [1.54, 1.807) is 6.92 Å². The summed E-state index contributed by atoms with van der Waals surface area (Å²) < 4.78 is 18.1. The number of anilines is 2. The van der Waals surface area contributed by atoms with Crippen LogP contribution in [0.3, 0.4) is 0 Å². The number of hydrogen-bond donors (Lipinski definition) is 2. The average molecular weight is 417 g/mol. The zero-order valence-electron chi connectivity index (χ0n) is 16.3. The summed E-state index contributed by atoms with van der Waals surface area (Å²) in [4.78, 5) is 12.3. The number of aliphatic hydroxyl groups is 1. The van der Waals surface area contributed by atoms with Gasteiger partial charge in [-0.2, -0.15) is 4.98 Å². The third-order valence-electron chi connectivity index (χ3n) is 5.97. The lowest BCUT2D eigenvalue weighted by Crippen LogP contribution is -2.48. The van der Waals surface area contributed by atoms with Gasteiger partial charge in [0.1, 0.15) is 10.7 Å². The molecule has 1 atom stereocenters. The van der Waals surface area contributed by atoms with Crippen molar-refractivity contribution in [2.75, 3.05) is 35.7 Å². The number of aryl methyl sites for hydroxylation is 2. The summed E-state index contributed by atoms with van der Waals surface area (Å²) in [6, 6.07) is 0. The van der Waals surface area contributed by atoms with E-state index in [0.717, 1.165) is 43.5 Å². The van der Waals surface area contributed by atoms with E-state index in [0.29, 0.717) is 47.2 Å². The molecular formula is C19H24N6O3S. The summed E-state index contributed by atoms with van der Waals surface area (Å²) in [6.45, 7) is 3.21. The van der Waals surface area contributed by atoms with Gasteiger partial charge < -0.3 is 19.7 Å². The molecule has 0 bridgehead atoms. The molecule has 2 aliphatic heterocycles. The molecule has 1 saturated carbocycles. The van der Waals surface area contributed by atoms with Crippen LogP contribution in [0.25, 0.3) is 5.57 Å². The average Bonchev–Trinajstić information content (AvgIpc) is 3.31. The minimum Gasteiger partial charge on any atom is -0.421 e. The first kappa shape index (κ1) is 18.7. The van der Waals surface area contributed by atoms with Crippen LogP contribution in [0.4, 0.5) is 11.8 Å². The second-order valence-corrected chi connectivity index (χ2v) is 9.42. The quantitative estimate of drug-likeness (QED) is 0.747. The molecule has 154 valence electrons. The fraction of sp³-hybridized carbons (Fsp3) is 0.579. The van der Waals surface area contributed by atoms with Crippen LogP contribution < -0.4 is 10.2 Å². The Morgan fingerprint density at radius 3 is 2.79 bits per heavy atom. The van der Waals surface area contributed by atoms with Crippen molar-refractivity contribution in [3.05, 3.63) is 23.6 Å². The Kier molecular flexibility index (Phi) is 4.62. The first-order valence-electron chi connectivity index (χ1n) is 10.00. The fourth-order valence-corrected chi connectivity index (χ4v) is 5.36. The number of fused-ring (bicyclic) bond motifs is 1. The van der Waals surface area contributed by atoms with Gasteiger partial charge in [0.25, 0.3) is 0 Å². The molecule has 10 heteroatoms. The van der Waals surface area contributed by atoms with Crippen LogP contribution in [0.15, 0.2) is 15.4 Å². The summed E-state index contributed by atoms with van der Waals surface area (Å²) in [5.41, 5.74) is 1.54. The summed E-state index contributed by atoms with van der Waals surface area (Å²) in [6.07, 6.45) is 6.38. The number of nitrogens with zero attached hydrogens (tertiary/aromatic N) is 5. The minimum atomic E-state index is -1.09. The van der Waals surface area contributed by atoms with Crippen LogP contribution in [-0.2, 0) is 17.2 Å². The molecule has 29 heavy (non-hydrogen) atoms. The maximum absolute atomic E-state index is 12.5. The summed E-state index contributed by atoms with van der Waals surface area (Å²) in [5, 5.41) is 21.3. The maximum Gasteiger partial charge on any atom is 0.243 e. The minimum absolute atomic E-state index is 0.0488. The standard InChI is InChI=1S/C19H24N6O3S/c1-12-23-24-17(28-12)13-3-8-25(9-4-13)18-20-14-5-10-29(27)15(14)16(21-18)22-19(11-26)6-2-7-19/h3,26H,2,4-11H2,1H3,(H,20,21,22)/t29-/m1/s1. The van der Waals surface area contributed by atoms with E-state index in [1.165, 1.54) is 0 Å². The summed E-state index contributed by atoms with van der Waals surface area (Å²) in [7, 11) is -1.09. The zero-order valence-corrected chi connectivity index (χ0v) is 17.2. The van der Waals surface area contributed by atoms with Gasteiger partial charge >= 0.3 is 0 Å². The summed E-state index contributed by atoms with van der Waals surface area (Å²) >= 11 is 0. The highest BCUT2D eigenvalue weighted by Crippen LogP contribution is 2.38. The Labute approximate surface area is 171 Å². The van der Waals surface area contributed by atoms with E-state index in [-0.39, 0.29) is 12.1 Å². The van der Waals surface area contributed by atoms with Crippen LogP contribution in [-0.4, -0.2) is 60.5 Å². The van der Waals surface area contributed by atoms with Crippen molar-refractivity contribution in [1.29, 1.82) is 0 Å². The molecule has 0 unspecified atom stereocenters. The molecule has 2 aromatic heterocycles. The lowest BCUT2D eigenvalue weighted by atomic mass is 9.77. The molecule has 2 aromatic rings.